The molecule has 0 heterocycles. The summed E-state index contributed by atoms with van der Waals surface area (Å²) in [7, 11) is 0. The maximum Gasteiger partial charge on any atom is 0.0554 e. The van der Waals surface area contributed by atoms with E-state index < -0.39 is 0 Å². The molecule has 0 spiro atoms. The van der Waals surface area contributed by atoms with Crippen molar-refractivity contribution in [1.29, 1.82) is 0 Å². The Morgan fingerprint density at radius 3 is 2.47 bits per heavy atom. The smallest absolute Gasteiger partial charge is 0.0554 e. The van der Waals surface area contributed by atoms with Crippen molar-refractivity contribution in [3.63, 3.8) is 0 Å². The van der Waals surface area contributed by atoms with Gasteiger partial charge < -0.3 is 5.73 Å². The molecule has 0 aromatic heterocycles. The number of rotatable bonds is 4. The average molecular weight is 274 g/mol. The second-order valence-electron chi connectivity index (χ2n) is 4.77. The SMILES string of the molecule is CCc1ccc(CC)c(C(N)c2cccc(Cl)c2)c1. The van der Waals surface area contributed by atoms with Crippen LogP contribution in [0.1, 0.15) is 42.1 Å². The van der Waals surface area contributed by atoms with Crippen molar-refractivity contribution in [3.8, 4) is 0 Å². The van der Waals surface area contributed by atoms with Gasteiger partial charge in [0.25, 0.3) is 0 Å². The zero-order valence-corrected chi connectivity index (χ0v) is 12.2. The fourth-order valence-electron chi connectivity index (χ4n) is 2.36. The zero-order chi connectivity index (χ0) is 13.8. The van der Waals surface area contributed by atoms with Crippen molar-refractivity contribution >= 4 is 11.6 Å². The molecule has 0 radical (unpaired) electrons. The molecule has 2 aromatic carbocycles. The fraction of sp³-hybridized carbons (Fsp3) is 0.294. The van der Waals surface area contributed by atoms with Gasteiger partial charge in [0.05, 0.1) is 6.04 Å². The van der Waals surface area contributed by atoms with Gasteiger partial charge in [-0.1, -0.05) is 55.8 Å². The molecule has 19 heavy (non-hydrogen) atoms. The van der Waals surface area contributed by atoms with E-state index in [-0.39, 0.29) is 6.04 Å². The van der Waals surface area contributed by atoms with Gasteiger partial charge in [-0.25, -0.2) is 0 Å². The highest BCUT2D eigenvalue weighted by Crippen LogP contribution is 2.26. The van der Waals surface area contributed by atoms with Crippen LogP contribution in [0.2, 0.25) is 5.02 Å². The maximum atomic E-state index is 6.43. The summed E-state index contributed by atoms with van der Waals surface area (Å²) in [5, 5.41) is 0.734. The lowest BCUT2D eigenvalue weighted by atomic mass is 9.92. The maximum absolute atomic E-state index is 6.43. The van der Waals surface area contributed by atoms with Gasteiger partial charge in [0.2, 0.25) is 0 Å². The van der Waals surface area contributed by atoms with Crippen molar-refractivity contribution in [2.24, 2.45) is 5.73 Å². The third kappa shape index (κ3) is 3.17. The molecule has 0 bridgehead atoms. The van der Waals surface area contributed by atoms with Crippen LogP contribution in [-0.4, -0.2) is 0 Å². The lowest BCUT2D eigenvalue weighted by Crippen LogP contribution is -2.14. The average Bonchev–Trinajstić information content (AvgIpc) is 2.45. The summed E-state index contributed by atoms with van der Waals surface area (Å²) >= 11 is 6.05. The summed E-state index contributed by atoms with van der Waals surface area (Å²) in [5.41, 5.74) is 11.3. The predicted octanol–water partition coefficient (Wildman–Crippen LogP) is 4.51. The number of hydrogen-bond acceptors (Lipinski definition) is 1. The molecule has 0 aliphatic carbocycles. The van der Waals surface area contributed by atoms with E-state index >= 15 is 0 Å². The Kier molecular flexibility index (Phi) is 4.62. The molecule has 1 unspecified atom stereocenters. The normalized spacial score (nSPS) is 12.4. The van der Waals surface area contributed by atoms with Gasteiger partial charge in [-0.2, -0.15) is 0 Å². The summed E-state index contributed by atoms with van der Waals surface area (Å²) in [6.07, 6.45) is 2.02. The summed E-state index contributed by atoms with van der Waals surface area (Å²) in [6, 6.07) is 14.3. The highest BCUT2D eigenvalue weighted by molar-refractivity contribution is 6.30. The quantitative estimate of drug-likeness (QED) is 0.871. The van der Waals surface area contributed by atoms with Crippen LogP contribution in [0.3, 0.4) is 0 Å². The molecule has 2 N–H and O–H groups in total. The van der Waals surface area contributed by atoms with Gasteiger partial charge in [-0.3, -0.25) is 0 Å². The Bertz CT molecular complexity index is 563. The lowest BCUT2D eigenvalue weighted by molar-refractivity contribution is 0.845. The minimum atomic E-state index is -0.111. The lowest BCUT2D eigenvalue weighted by Gasteiger charge is -2.18. The van der Waals surface area contributed by atoms with Gasteiger partial charge in [0.1, 0.15) is 0 Å². The van der Waals surface area contributed by atoms with E-state index in [0.29, 0.717) is 0 Å². The van der Waals surface area contributed by atoms with Crippen LogP contribution in [0.5, 0.6) is 0 Å². The fourth-order valence-corrected chi connectivity index (χ4v) is 2.55. The van der Waals surface area contributed by atoms with Gasteiger partial charge in [-0.15, -0.1) is 0 Å². The third-order valence-electron chi connectivity index (χ3n) is 3.54. The number of hydrogen-bond donors (Lipinski definition) is 1. The van der Waals surface area contributed by atoms with Crippen LogP contribution in [0.15, 0.2) is 42.5 Å². The molecule has 0 saturated heterocycles. The molecule has 0 aliphatic heterocycles. The van der Waals surface area contributed by atoms with Crippen LogP contribution < -0.4 is 5.73 Å². The third-order valence-corrected chi connectivity index (χ3v) is 3.78. The standard InChI is InChI=1S/C17H20ClN/c1-3-12-8-9-13(4-2)16(10-12)17(19)14-6-5-7-15(18)11-14/h5-11,17H,3-4,19H2,1-2H3. The first-order valence-corrected chi connectivity index (χ1v) is 7.16. The van der Waals surface area contributed by atoms with Crippen LogP contribution in [0.4, 0.5) is 0 Å². The molecule has 0 fully saturated rings. The monoisotopic (exact) mass is 273 g/mol. The Labute approximate surface area is 120 Å². The molecule has 100 valence electrons. The van der Waals surface area contributed by atoms with Crippen LogP contribution in [0.25, 0.3) is 0 Å². The number of benzene rings is 2. The van der Waals surface area contributed by atoms with Gasteiger partial charge in [-0.05, 0) is 47.2 Å². The molecule has 0 saturated carbocycles. The first-order chi connectivity index (χ1) is 9.15. The van der Waals surface area contributed by atoms with E-state index in [2.05, 4.69) is 32.0 Å². The van der Waals surface area contributed by atoms with Crippen LogP contribution in [0, 0.1) is 0 Å². The minimum Gasteiger partial charge on any atom is -0.320 e. The van der Waals surface area contributed by atoms with E-state index in [1.807, 2.05) is 24.3 Å². The van der Waals surface area contributed by atoms with Crippen LogP contribution >= 0.6 is 11.6 Å². The molecule has 2 aromatic rings. The Morgan fingerprint density at radius 2 is 1.84 bits per heavy atom. The van der Waals surface area contributed by atoms with Gasteiger partial charge in [0, 0.05) is 5.02 Å². The Balaban J connectivity index is 2.44. The van der Waals surface area contributed by atoms with Gasteiger partial charge >= 0.3 is 0 Å². The molecule has 0 amide bonds. The van der Waals surface area contributed by atoms with E-state index in [1.54, 1.807) is 0 Å². The van der Waals surface area contributed by atoms with Crippen molar-refractivity contribution in [2.75, 3.05) is 0 Å². The van der Waals surface area contributed by atoms with Crippen LogP contribution in [-0.2, 0) is 12.8 Å². The topological polar surface area (TPSA) is 26.0 Å². The first kappa shape index (κ1) is 14.1. The highest BCUT2D eigenvalue weighted by Gasteiger charge is 2.13. The Morgan fingerprint density at radius 1 is 1.05 bits per heavy atom. The molecule has 2 heteroatoms. The van der Waals surface area contributed by atoms with E-state index in [1.165, 1.54) is 16.7 Å². The number of aryl methyl sites for hydroxylation is 2. The van der Waals surface area contributed by atoms with Crippen molar-refractivity contribution in [1.82, 2.24) is 0 Å². The van der Waals surface area contributed by atoms with Crippen molar-refractivity contribution in [2.45, 2.75) is 32.7 Å². The predicted molar refractivity (Wildman–Crippen MR) is 82.7 cm³/mol. The zero-order valence-electron chi connectivity index (χ0n) is 11.5. The molecular formula is C17H20ClN. The van der Waals surface area contributed by atoms with Crippen molar-refractivity contribution in [3.05, 3.63) is 69.7 Å². The summed E-state index contributed by atoms with van der Waals surface area (Å²) in [4.78, 5) is 0. The largest absolute Gasteiger partial charge is 0.320 e. The van der Waals surface area contributed by atoms with E-state index in [9.17, 15) is 0 Å². The second-order valence-corrected chi connectivity index (χ2v) is 5.21. The van der Waals surface area contributed by atoms with Gasteiger partial charge in [0.15, 0.2) is 0 Å². The molecule has 1 nitrogen and oxygen atoms in total. The summed E-state index contributed by atoms with van der Waals surface area (Å²) < 4.78 is 0. The molecular weight excluding hydrogens is 254 g/mol. The summed E-state index contributed by atoms with van der Waals surface area (Å²) in [5.74, 6) is 0. The number of halogens is 1. The Hall–Kier alpha value is -1.31. The van der Waals surface area contributed by atoms with E-state index in [0.717, 1.165) is 23.4 Å². The first-order valence-electron chi connectivity index (χ1n) is 6.78. The second kappa shape index (κ2) is 6.23. The molecule has 2 rings (SSSR count). The highest BCUT2D eigenvalue weighted by atomic mass is 35.5. The minimum absolute atomic E-state index is 0.111. The summed E-state index contributed by atoms with van der Waals surface area (Å²) in [6.45, 7) is 4.32. The number of nitrogens with two attached hydrogens (primary N) is 1. The molecule has 1 atom stereocenters. The van der Waals surface area contributed by atoms with Crippen molar-refractivity contribution < 1.29 is 0 Å². The van der Waals surface area contributed by atoms with E-state index in [4.69, 9.17) is 17.3 Å². The molecule has 0 aliphatic rings.